The highest BCUT2D eigenvalue weighted by Gasteiger charge is 2.37. The van der Waals surface area contributed by atoms with Crippen molar-refractivity contribution in [3.63, 3.8) is 0 Å². The number of rotatable bonds is 7. The van der Waals surface area contributed by atoms with Crippen LogP contribution in [0, 0.1) is 5.92 Å². The van der Waals surface area contributed by atoms with Gasteiger partial charge in [-0.15, -0.1) is 0 Å². The molecule has 1 aromatic carbocycles. The van der Waals surface area contributed by atoms with Gasteiger partial charge in [0, 0.05) is 19.2 Å². The number of nitrogens with two attached hydrogens (primary N) is 1. The van der Waals surface area contributed by atoms with E-state index in [1.807, 2.05) is 31.2 Å². The molecule has 5 nitrogen and oxygen atoms in total. The zero-order valence-corrected chi connectivity index (χ0v) is 14.1. The highest BCUT2D eigenvalue weighted by Crippen LogP contribution is 2.31. The number of carbonyl (C=O) groups is 1. The Morgan fingerprint density at radius 3 is 2.70 bits per heavy atom. The summed E-state index contributed by atoms with van der Waals surface area (Å²) in [5.74, 6) is 0.780. The summed E-state index contributed by atoms with van der Waals surface area (Å²) in [5, 5.41) is 3.02. The van der Waals surface area contributed by atoms with Crippen molar-refractivity contribution in [1.29, 1.82) is 0 Å². The molecule has 128 valence electrons. The van der Waals surface area contributed by atoms with Gasteiger partial charge in [-0.2, -0.15) is 0 Å². The Balaban J connectivity index is 1.82. The topological polar surface area (TPSA) is 73.6 Å². The van der Waals surface area contributed by atoms with Crippen molar-refractivity contribution in [2.75, 3.05) is 20.3 Å². The Labute approximate surface area is 138 Å². The van der Waals surface area contributed by atoms with Crippen LogP contribution in [0.4, 0.5) is 0 Å². The van der Waals surface area contributed by atoms with E-state index >= 15 is 0 Å². The lowest BCUT2D eigenvalue weighted by atomic mass is 9.74. The van der Waals surface area contributed by atoms with E-state index in [-0.39, 0.29) is 17.4 Å². The molecule has 5 heteroatoms. The molecule has 2 atom stereocenters. The predicted molar refractivity (Wildman–Crippen MR) is 90.2 cm³/mol. The average molecular weight is 320 g/mol. The summed E-state index contributed by atoms with van der Waals surface area (Å²) in [7, 11) is 1.65. The summed E-state index contributed by atoms with van der Waals surface area (Å²) < 4.78 is 10.5. The van der Waals surface area contributed by atoms with E-state index < -0.39 is 0 Å². The molecule has 3 N–H and O–H groups in total. The third-order valence-corrected chi connectivity index (χ3v) is 4.52. The van der Waals surface area contributed by atoms with Gasteiger partial charge >= 0.3 is 0 Å². The van der Waals surface area contributed by atoms with Gasteiger partial charge in [0.25, 0.3) is 0 Å². The van der Waals surface area contributed by atoms with Crippen LogP contribution in [0.15, 0.2) is 24.3 Å². The smallest absolute Gasteiger partial charge is 0.225 e. The van der Waals surface area contributed by atoms with Crippen LogP contribution in [0.2, 0.25) is 0 Å². The number of hydrogen-bond donors (Lipinski definition) is 2. The Morgan fingerprint density at radius 1 is 1.30 bits per heavy atom. The monoisotopic (exact) mass is 320 g/mol. The van der Waals surface area contributed by atoms with Gasteiger partial charge in [0.15, 0.2) is 0 Å². The molecule has 1 fully saturated rings. The van der Waals surface area contributed by atoms with Crippen molar-refractivity contribution in [2.45, 2.75) is 44.7 Å². The van der Waals surface area contributed by atoms with E-state index in [1.54, 1.807) is 7.11 Å². The fraction of sp³-hybridized carbons (Fsp3) is 0.611. The molecule has 1 aliphatic rings. The average Bonchev–Trinajstić information content (AvgIpc) is 2.53. The largest absolute Gasteiger partial charge is 0.491 e. The molecule has 0 heterocycles. The Kier molecular flexibility index (Phi) is 6.42. The molecule has 2 unspecified atom stereocenters. The minimum Gasteiger partial charge on any atom is -0.491 e. The maximum Gasteiger partial charge on any atom is 0.225 e. The molecule has 0 saturated heterocycles. The van der Waals surface area contributed by atoms with Crippen LogP contribution in [-0.2, 0) is 16.1 Å². The minimum absolute atomic E-state index is 0.0649. The second kappa shape index (κ2) is 8.31. The third-order valence-electron chi connectivity index (χ3n) is 4.52. The molecule has 1 amide bonds. The molecular weight excluding hydrogens is 292 g/mol. The molecule has 0 bridgehead atoms. The van der Waals surface area contributed by atoms with Gasteiger partial charge in [-0.3, -0.25) is 4.79 Å². The molecule has 0 radical (unpaired) electrons. The fourth-order valence-electron chi connectivity index (χ4n) is 3.05. The standard InChI is InChI=1S/C18H28N2O3/c1-18(19)10-4-3-5-16(18)17(21)20-13-14-6-8-15(9-7-14)23-12-11-22-2/h6-9,16H,3-5,10-13,19H2,1-2H3,(H,20,21). The van der Waals surface area contributed by atoms with E-state index in [9.17, 15) is 4.79 Å². The third kappa shape index (κ3) is 5.22. The van der Waals surface area contributed by atoms with Crippen molar-refractivity contribution in [3.8, 4) is 5.75 Å². The summed E-state index contributed by atoms with van der Waals surface area (Å²) in [4.78, 5) is 12.4. The van der Waals surface area contributed by atoms with E-state index in [1.165, 1.54) is 0 Å². The van der Waals surface area contributed by atoms with Crippen LogP contribution in [0.3, 0.4) is 0 Å². The number of amides is 1. The molecule has 0 aromatic heterocycles. The quantitative estimate of drug-likeness (QED) is 0.756. The lowest BCUT2D eigenvalue weighted by molar-refractivity contribution is -0.128. The number of benzene rings is 1. The van der Waals surface area contributed by atoms with Crippen LogP contribution in [0.1, 0.15) is 38.2 Å². The van der Waals surface area contributed by atoms with Gasteiger partial charge in [-0.1, -0.05) is 25.0 Å². The van der Waals surface area contributed by atoms with Gasteiger partial charge < -0.3 is 20.5 Å². The lowest BCUT2D eigenvalue weighted by Gasteiger charge is -2.37. The molecule has 0 aliphatic heterocycles. The first-order valence-electron chi connectivity index (χ1n) is 8.30. The molecule has 0 spiro atoms. The molecular formula is C18H28N2O3. The lowest BCUT2D eigenvalue weighted by Crippen LogP contribution is -2.52. The second-order valence-corrected chi connectivity index (χ2v) is 6.51. The van der Waals surface area contributed by atoms with E-state index in [4.69, 9.17) is 15.2 Å². The SMILES string of the molecule is COCCOc1ccc(CNC(=O)C2CCCCC2(C)N)cc1. The van der Waals surface area contributed by atoms with Crippen molar-refractivity contribution in [2.24, 2.45) is 11.7 Å². The van der Waals surface area contributed by atoms with E-state index in [0.717, 1.165) is 37.0 Å². The van der Waals surface area contributed by atoms with Crippen molar-refractivity contribution in [3.05, 3.63) is 29.8 Å². The number of nitrogens with one attached hydrogen (secondary N) is 1. The van der Waals surface area contributed by atoms with Crippen LogP contribution < -0.4 is 15.8 Å². The maximum atomic E-state index is 12.4. The number of hydrogen-bond acceptors (Lipinski definition) is 4. The normalized spacial score (nSPS) is 24.2. The van der Waals surface area contributed by atoms with Crippen molar-refractivity contribution < 1.29 is 14.3 Å². The van der Waals surface area contributed by atoms with Crippen molar-refractivity contribution in [1.82, 2.24) is 5.32 Å². The highest BCUT2D eigenvalue weighted by molar-refractivity contribution is 5.80. The Morgan fingerprint density at radius 2 is 2.04 bits per heavy atom. The molecule has 2 rings (SSSR count). The van der Waals surface area contributed by atoms with Gasteiger partial charge in [-0.25, -0.2) is 0 Å². The maximum absolute atomic E-state index is 12.4. The highest BCUT2D eigenvalue weighted by atomic mass is 16.5. The number of methoxy groups -OCH3 is 1. The Hall–Kier alpha value is -1.59. The van der Waals surface area contributed by atoms with E-state index in [2.05, 4.69) is 5.32 Å². The zero-order valence-electron chi connectivity index (χ0n) is 14.1. The summed E-state index contributed by atoms with van der Waals surface area (Å²) in [6, 6.07) is 7.74. The number of ether oxygens (including phenoxy) is 2. The van der Waals surface area contributed by atoms with Crippen LogP contribution in [0.25, 0.3) is 0 Å². The summed E-state index contributed by atoms with van der Waals surface area (Å²) >= 11 is 0. The fourth-order valence-corrected chi connectivity index (χ4v) is 3.05. The molecule has 1 aromatic rings. The molecule has 1 aliphatic carbocycles. The van der Waals surface area contributed by atoms with Gasteiger partial charge in [0.05, 0.1) is 12.5 Å². The predicted octanol–water partition coefficient (Wildman–Crippen LogP) is 2.24. The number of carbonyl (C=O) groups excluding carboxylic acids is 1. The zero-order chi connectivity index (χ0) is 16.7. The molecule has 1 saturated carbocycles. The summed E-state index contributed by atoms with van der Waals surface area (Å²) in [6.45, 7) is 3.60. The first-order valence-corrected chi connectivity index (χ1v) is 8.30. The van der Waals surface area contributed by atoms with Gasteiger partial charge in [-0.05, 0) is 37.5 Å². The summed E-state index contributed by atoms with van der Waals surface area (Å²) in [6.07, 6.45) is 3.99. The first-order chi connectivity index (χ1) is 11.0. The second-order valence-electron chi connectivity index (χ2n) is 6.51. The first kappa shape index (κ1) is 17.8. The Bertz CT molecular complexity index is 499. The summed E-state index contributed by atoms with van der Waals surface area (Å²) in [5.41, 5.74) is 6.94. The van der Waals surface area contributed by atoms with Gasteiger partial charge in [0.2, 0.25) is 5.91 Å². The van der Waals surface area contributed by atoms with Crippen LogP contribution >= 0.6 is 0 Å². The van der Waals surface area contributed by atoms with Crippen molar-refractivity contribution >= 4 is 5.91 Å². The minimum atomic E-state index is -0.388. The van der Waals surface area contributed by atoms with Crippen LogP contribution in [0.5, 0.6) is 5.75 Å². The van der Waals surface area contributed by atoms with E-state index in [0.29, 0.717) is 19.8 Å². The van der Waals surface area contributed by atoms with Gasteiger partial charge in [0.1, 0.15) is 12.4 Å². The van der Waals surface area contributed by atoms with Crippen LogP contribution in [-0.4, -0.2) is 31.8 Å². The molecule has 23 heavy (non-hydrogen) atoms.